The Morgan fingerprint density at radius 3 is 2.84 bits per heavy atom. The zero-order valence-electron chi connectivity index (χ0n) is 10.8. The first-order chi connectivity index (χ1) is 8.93. The van der Waals surface area contributed by atoms with Gasteiger partial charge in [0.25, 0.3) is 5.91 Å². The number of amides is 1. The topological polar surface area (TPSA) is 92.4 Å². The van der Waals surface area contributed by atoms with Crippen LogP contribution in [0, 0.1) is 5.41 Å². The van der Waals surface area contributed by atoms with Crippen LogP contribution in [0.15, 0.2) is 24.3 Å². The van der Waals surface area contributed by atoms with Crippen LogP contribution in [-0.2, 0) is 4.79 Å². The van der Waals surface area contributed by atoms with Crippen molar-refractivity contribution in [3.8, 4) is 0 Å². The molecule has 1 aromatic rings. The van der Waals surface area contributed by atoms with E-state index in [-0.39, 0.29) is 11.9 Å². The molecule has 5 nitrogen and oxygen atoms in total. The van der Waals surface area contributed by atoms with Gasteiger partial charge in [0.2, 0.25) is 0 Å². The number of carbonyl (C=O) groups excluding carboxylic acids is 1. The number of carboxylic acids is 1. The number of rotatable bonds is 3. The largest absolute Gasteiger partial charge is 0.481 e. The van der Waals surface area contributed by atoms with Crippen LogP contribution in [0.1, 0.15) is 36.5 Å². The zero-order chi connectivity index (χ0) is 14.0. The fourth-order valence-electron chi connectivity index (χ4n) is 2.58. The van der Waals surface area contributed by atoms with E-state index in [1.807, 2.05) is 0 Å². The lowest BCUT2D eigenvalue weighted by Gasteiger charge is -2.27. The fourth-order valence-corrected chi connectivity index (χ4v) is 2.58. The molecule has 1 fully saturated rings. The number of nitrogens with two attached hydrogens (primary N) is 1. The fraction of sp³-hybridized carbons (Fsp3) is 0.429. The molecule has 102 valence electrons. The van der Waals surface area contributed by atoms with E-state index in [2.05, 4.69) is 5.32 Å². The van der Waals surface area contributed by atoms with Crippen LogP contribution in [0.3, 0.4) is 0 Å². The third-order valence-corrected chi connectivity index (χ3v) is 3.90. The van der Waals surface area contributed by atoms with E-state index in [4.69, 9.17) is 5.73 Å². The number of aliphatic carboxylic acids is 1. The standard InChI is InChI=1S/C14H18N2O3/c1-14(13(18)19)7-3-6-11(14)16-12(17)9-4-2-5-10(15)8-9/h2,4-5,8,11H,3,6-7,15H2,1H3,(H,16,17)(H,18,19). The Kier molecular flexibility index (Phi) is 3.46. The number of carboxylic acid groups (broad SMARTS) is 1. The van der Waals surface area contributed by atoms with Crippen LogP contribution in [0.25, 0.3) is 0 Å². The second-order valence-electron chi connectivity index (χ2n) is 5.27. The Balaban J connectivity index is 2.13. The zero-order valence-corrected chi connectivity index (χ0v) is 10.8. The lowest BCUT2D eigenvalue weighted by atomic mass is 9.85. The first-order valence-corrected chi connectivity index (χ1v) is 6.33. The van der Waals surface area contributed by atoms with E-state index in [1.165, 1.54) is 0 Å². The summed E-state index contributed by atoms with van der Waals surface area (Å²) in [6.07, 6.45) is 2.09. The van der Waals surface area contributed by atoms with Crippen molar-refractivity contribution in [1.29, 1.82) is 0 Å². The Morgan fingerprint density at radius 1 is 1.47 bits per heavy atom. The maximum Gasteiger partial charge on any atom is 0.311 e. The molecule has 1 amide bonds. The van der Waals surface area contributed by atoms with Gasteiger partial charge in [0, 0.05) is 17.3 Å². The van der Waals surface area contributed by atoms with E-state index >= 15 is 0 Å². The van der Waals surface area contributed by atoms with Crippen molar-refractivity contribution in [2.45, 2.75) is 32.2 Å². The normalized spacial score (nSPS) is 26.1. The summed E-state index contributed by atoms with van der Waals surface area (Å²) >= 11 is 0. The summed E-state index contributed by atoms with van der Waals surface area (Å²) in [5, 5.41) is 12.1. The van der Waals surface area contributed by atoms with Crippen LogP contribution in [0.4, 0.5) is 5.69 Å². The van der Waals surface area contributed by atoms with Gasteiger partial charge in [0.15, 0.2) is 0 Å². The molecule has 0 spiro atoms. The molecular formula is C14H18N2O3. The minimum absolute atomic E-state index is 0.272. The van der Waals surface area contributed by atoms with Crippen LogP contribution in [0.2, 0.25) is 0 Å². The third kappa shape index (κ3) is 2.54. The number of benzene rings is 1. The number of carbonyl (C=O) groups is 2. The van der Waals surface area contributed by atoms with Crippen LogP contribution < -0.4 is 11.1 Å². The number of nitrogen functional groups attached to an aromatic ring is 1. The molecule has 1 aromatic carbocycles. The molecule has 0 aromatic heterocycles. The lowest BCUT2D eigenvalue weighted by molar-refractivity contribution is -0.148. The summed E-state index contributed by atoms with van der Waals surface area (Å²) in [5.74, 6) is -1.13. The highest BCUT2D eigenvalue weighted by atomic mass is 16.4. The van der Waals surface area contributed by atoms with Crippen molar-refractivity contribution in [2.75, 3.05) is 5.73 Å². The molecule has 0 aliphatic heterocycles. The summed E-state index contributed by atoms with van der Waals surface area (Å²) in [6.45, 7) is 1.69. The summed E-state index contributed by atoms with van der Waals surface area (Å²) in [5.41, 5.74) is 5.72. The lowest BCUT2D eigenvalue weighted by Crippen LogP contribution is -2.47. The average molecular weight is 262 g/mol. The highest BCUT2D eigenvalue weighted by Gasteiger charge is 2.45. The molecule has 0 saturated heterocycles. The van der Waals surface area contributed by atoms with Gasteiger partial charge in [-0.3, -0.25) is 9.59 Å². The quantitative estimate of drug-likeness (QED) is 0.722. The molecule has 2 atom stereocenters. The molecule has 1 saturated carbocycles. The average Bonchev–Trinajstić information content (AvgIpc) is 2.72. The van der Waals surface area contributed by atoms with Crippen LogP contribution in [0.5, 0.6) is 0 Å². The van der Waals surface area contributed by atoms with Gasteiger partial charge in [-0.25, -0.2) is 0 Å². The monoisotopic (exact) mass is 262 g/mol. The SMILES string of the molecule is CC1(C(=O)O)CCCC1NC(=O)c1cccc(N)c1. The first-order valence-electron chi connectivity index (χ1n) is 6.33. The second-order valence-corrected chi connectivity index (χ2v) is 5.27. The molecule has 0 heterocycles. The molecule has 2 rings (SSSR count). The van der Waals surface area contributed by atoms with Crippen molar-refractivity contribution >= 4 is 17.6 Å². The Bertz CT molecular complexity index is 515. The molecule has 1 aliphatic rings. The van der Waals surface area contributed by atoms with Crippen LogP contribution >= 0.6 is 0 Å². The Hall–Kier alpha value is -2.04. The molecule has 2 unspecified atom stereocenters. The molecule has 0 radical (unpaired) electrons. The van der Waals surface area contributed by atoms with Gasteiger partial charge in [-0.15, -0.1) is 0 Å². The Morgan fingerprint density at radius 2 is 2.21 bits per heavy atom. The maximum atomic E-state index is 12.1. The van der Waals surface area contributed by atoms with Gasteiger partial charge in [0.1, 0.15) is 0 Å². The van der Waals surface area contributed by atoms with Gasteiger partial charge >= 0.3 is 5.97 Å². The van der Waals surface area contributed by atoms with E-state index in [0.717, 1.165) is 6.42 Å². The van der Waals surface area contributed by atoms with Crippen molar-refractivity contribution in [3.05, 3.63) is 29.8 Å². The van der Waals surface area contributed by atoms with Gasteiger partial charge < -0.3 is 16.2 Å². The molecule has 4 N–H and O–H groups in total. The molecule has 1 aliphatic carbocycles. The highest BCUT2D eigenvalue weighted by Crippen LogP contribution is 2.38. The van der Waals surface area contributed by atoms with Crippen molar-refractivity contribution in [2.24, 2.45) is 5.41 Å². The van der Waals surface area contributed by atoms with E-state index in [9.17, 15) is 14.7 Å². The van der Waals surface area contributed by atoms with Crippen molar-refractivity contribution in [3.63, 3.8) is 0 Å². The van der Waals surface area contributed by atoms with E-state index < -0.39 is 11.4 Å². The number of hydrogen-bond donors (Lipinski definition) is 3. The summed E-state index contributed by atoms with van der Waals surface area (Å²) in [7, 11) is 0. The van der Waals surface area contributed by atoms with Gasteiger partial charge in [0.05, 0.1) is 5.41 Å². The Labute approximate surface area is 111 Å². The number of anilines is 1. The molecule has 19 heavy (non-hydrogen) atoms. The smallest absolute Gasteiger partial charge is 0.311 e. The minimum Gasteiger partial charge on any atom is -0.481 e. The van der Waals surface area contributed by atoms with Crippen molar-refractivity contribution in [1.82, 2.24) is 5.32 Å². The maximum absolute atomic E-state index is 12.1. The third-order valence-electron chi connectivity index (χ3n) is 3.90. The van der Waals surface area contributed by atoms with Gasteiger partial charge in [-0.2, -0.15) is 0 Å². The summed E-state index contributed by atoms with van der Waals surface area (Å²) in [6, 6.07) is 6.32. The summed E-state index contributed by atoms with van der Waals surface area (Å²) < 4.78 is 0. The molecule has 0 bridgehead atoms. The first kappa shape index (κ1) is 13.4. The number of hydrogen-bond acceptors (Lipinski definition) is 3. The second kappa shape index (κ2) is 4.91. The summed E-state index contributed by atoms with van der Waals surface area (Å²) in [4.78, 5) is 23.4. The molecular weight excluding hydrogens is 244 g/mol. The van der Waals surface area contributed by atoms with Crippen LogP contribution in [-0.4, -0.2) is 23.0 Å². The van der Waals surface area contributed by atoms with Gasteiger partial charge in [-0.1, -0.05) is 12.5 Å². The predicted molar refractivity (Wildman–Crippen MR) is 71.7 cm³/mol. The van der Waals surface area contributed by atoms with E-state index in [0.29, 0.717) is 24.1 Å². The minimum atomic E-state index is -0.879. The number of nitrogens with one attached hydrogen (secondary N) is 1. The predicted octanol–water partition coefficient (Wildman–Crippen LogP) is 1.64. The molecule has 5 heteroatoms. The van der Waals surface area contributed by atoms with Gasteiger partial charge in [-0.05, 0) is 38.0 Å². The van der Waals surface area contributed by atoms with Crippen molar-refractivity contribution < 1.29 is 14.7 Å². The highest BCUT2D eigenvalue weighted by molar-refractivity contribution is 5.95. The van der Waals surface area contributed by atoms with E-state index in [1.54, 1.807) is 31.2 Å².